The minimum absolute atomic E-state index is 0. The number of carbonyl (C=O) groups is 3. The fourth-order valence-electron chi connectivity index (χ4n) is 5.72. The molecular weight excluding hydrogens is 515 g/mol. The van der Waals surface area contributed by atoms with Gasteiger partial charge in [-0.15, -0.1) is 11.8 Å². The molecule has 5 rings (SSSR count). The van der Waals surface area contributed by atoms with E-state index in [1.54, 1.807) is 23.1 Å². The van der Waals surface area contributed by atoms with Gasteiger partial charge in [-0.05, 0) is 49.3 Å². The zero-order chi connectivity index (χ0) is 27.5. The van der Waals surface area contributed by atoms with Gasteiger partial charge in [0.05, 0.1) is 5.25 Å². The summed E-state index contributed by atoms with van der Waals surface area (Å²) < 4.78 is 14.7. The summed E-state index contributed by atoms with van der Waals surface area (Å²) in [6.45, 7) is 6.51. The second kappa shape index (κ2) is 12.0. The Balaban J connectivity index is 0.00000370. The van der Waals surface area contributed by atoms with Gasteiger partial charge in [0.25, 0.3) is 0 Å². The van der Waals surface area contributed by atoms with Crippen molar-refractivity contribution in [3.8, 4) is 0 Å². The van der Waals surface area contributed by atoms with E-state index in [0.717, 1.165) is 24.1 Å². The van der Waals surface area contributed by atoms with Gasteiger partial charge in [0.1, 0.15) is 11.2 Å². The number of hydrogen-bond donors (Lipinski definition) is 1. The summed E-state index contributed by atoms with van der Waals surface area (Å²) in [5.74, 6) is -0.0542. The van der Waals surface area contributed by atoms with Gasteiger partial charge in [-0.3, -0.25) is 9.59 Å². The zero-order valence-electron chi connectivity index (χ0n) is 22.6. The van der Waals surface area contributed by atoms with Gasteiger partial charge in [0.15, 0.2) is 0 Å². The molecule has 0 radical (unpaired) electrons. The first kappa shape index (κ1) is 27.5. The number of urea groups is 1. The number of thioether (sulfide) groups is 1. The second-order valence-electron chi connectivity index (χ2n) is 11.1. The molecule has 2 aromatic carbocycles. The standard InChI is InChI=1S/C30H37FN4O3S.H2/c1-20(2)11-17-35-28(37)26(39-29(35)23-8-4-5-9-24(23)31)19-27(36)33-15-13-22(14-16-33)34-18-12-21-7-3-6-10-25(21)32-30(34)38;/h3-10,20,22,26,29H,11-19H2,1-2H3,(H,32,38);1H. The number of piperidine rings is 1. The second-order valence-corrected chi connectivity index (χ2v) is 12.3. The van der Waals surface area contributed by atoms with Crippen LogP contribution < -0.4 is 5.32 Å². The number of carbonyl (C=O) groups excluding carboxylic acids is 3. The van der Waals surface area contributed by atoms with E-state index in [4.69, 9.17) is 0 Å². The monoisotopic (exact) mass is 554 g/mol. The molecule has 0 saturated carbocycles. The quantitative estimate of drug-likeness (QED) is 0.488. The van der Waals surface area contributed by atoms with Crippen molar-refractivity contribution in [3.05, 3.63) is 65.5 Å². The number of nitrogens with zero attached hydrogens (tertiary/aromatic N) is 3. The van der Waals surface area contributed by atoms with E-state index in [1.807, 2.05) is 34.1 Å². The van der Waals surface area contributed by atoms with Crippen LogP contribution >= 0.6 is 11.8 Å². The van der Waals surface area contributed by atoms with Crippen LogP contribution in [0.15, 0.2) is 48.5 Å². The summed E-state index contributed by atoms with van der Waals surface area (Å²) in [6, 6.07) is 14.5. The van der Waals surface area contributed by atoms with Crippen LogP contribution in [0.4, 0.5) is 14.9 Å². The maximum atomic E-state index is 14.7. The molecule has 4 amide bonds. The van der Waals surface area contributed by atoms with Crippen molar-refractivity contribution in [2.24, 2.45) is 5.92 Å². The topological polar surface area (TPSA) is 73.0 Å². The molecule has 3 aliphatic heterocycles. The highest BCUT2D eigenvalue weighted by Crippen LogP contribution is 2.45. The fourth-order valence-corrected chi connectivity index (χ4v) is 7.21. The van der Waals surface area contributed by atoms with Crippen LogP contribution in [0.2, 0.25) is 0 Å². The number of benzene rings is 2. The van der Waals surface area contributed by atoms with Crippen molar-refractivity contribution in [2.45, 2.75) is 62.6 Å². The Morgan fingerprint density at radius 1 is 1.08 bits per heavy atom. The van der Waals surface area contributed by atoms with E-state index < -0.39 is 10.6 Å². The predicted octanol–water partition coefficient (Wildman–Crippen LogP) is 5.53. The molecule has 0 aliphatic carbocycles. The Hall–Kier alpha value is -3.07. The third-order valence-electron chi connectivity index (χ3n) is 8.01. The number of hydrogen-bond acceptors (Lipinski definition) is 4. The summed E-state index contributed by atoms with van der Waals surface area (Å²) in [6.07, 6.45) is 3.14. The van der Waals surface area contributed by atoms with E-state index >= 15 is 0 Å². The Morgan fingerprint density at radius 2 is 1.79 bits per heavy atom. The van der Waals surface area contributed by atoms with E-state index in [0.29, 0.717) is 50.5 Å². The minimum Gasteiger partial charge on any atom is -0.342 e. The summed E-state index contributed by atoms with van der Waals surface area (Å²) >= 11 is 1.39. The summed E-state index contributed by atoms with van der Waals surface area (Å²) in [5, 5.41) is 2.08. The number of amides is 4. The third kappa shape index (κ3) is 6.08. The molecule has 7 nitrogen and oxygen atoms in total. The first-order valence-electron chi connectivity index (χ1n) is 14.0. The lowest BCUT2D eigenvalue weighted by molar-refractivity contribution is -0.137. The highest BCUT2D eigenvalue weighted by atomic mass is 32.2. The van der Waals surface area contributed by atoms with Crippen LogP contribution in [0.3, 0.4) is 0 Å². The highest BCUT2D eigenvalue weighted by molar-refractivity contribution is 8.01. The Kier molecular flexibility index (Phi) is 8.45. The Morgan fingerprint density at radius 3 is 2.54 bits per heavy atom. The highest BCUT2D eigenvalue weighted by Gasteiger charge is 2.43. The van der Waals surface area contributed by atoms with Crippen molar-refractivity contribution in [2.75, 3.05) is 31.5 Å². The molecule has 0 spiro atoms. The van der Waals surface area contributed by atoms with Crippen LogP contribution in [0.1, 0.15) is 57.5 Å². The van der Waals surface area contributed by atoms with Crippen molar-refractivity contribution in [3.63, 3.8) is 0 Å². The summed E-state index contributed by atoms with van der Waals surface area (Å²) in [4.78, 5) is 45.1. The van der Waals surface area contributed by atoms with Gasteiger partial charge in [0.2, 0.25) is 11.8 Å². The molecule has 9 heteroatoms. The smallest absolute Gasteiger partial charge is 0.322 e. The number of likely N-dealkylation sites (tertiary alicyclic amines) is 1. The van der Waals surface area contributed by atoms with E-state index in [9.17, 15) is 18.8 Å². The molecule has 2 atom stereocenters. The summed E-state index contributed by atoms with van der Waals surface area (Å²) in [7, 11) is 0. The molecule has 2 aromatic rings. The van der Waals surface area contributed by atoms with E-state index in [-0.39, 0.29) is 37.6 Å². The van der Waals surface area contributed by atoms with Crippen molar-refractivity contribution in [1.82, 2.24) is 14.7 Å². The van der Waals surface area contributed by atoms with Crippen molar-refractivity contribution in [1.29, 1.82) is 0 Å². The normalized spacial score (nSPS) is 22.2. The number of anilines is 1. The number of para-hydroxylation sites is 1. The largest absolute Gasteiger partial charge is 0.342 e. The third-order valence-corrected chi connectivity index (χ3v) is 9.48. The Labute approximate surface area is 235 Å². The summed E-state index contributed by atoms with van der Waals surface area (Å²) in [5.41, 5.74) is 2.50. The Bertz CT molecular complexity index is 1220. The fraction of sp³-hybridized carbons (Fsp3) is 0.500. The van der Waals surface area contributed by atoms with Gasteiger partial charge in [-0.1, -0.05) is 50.2 Å². The zero-order valence-corrected chi connectivity index (χ0v) is 23.5. The van der Waals surface area contributed by atoms with Gasteiger partial charge in [0, 0.05) is 51.3 Å². The molecule has 0 aromatic heterocycles. The molecule has 0 bridgehead atoms. The van der Waals surface area contributed by atoms with Gasteiger partial charge in [-0.2, -0.15) is 0 Å². The number of nitrogens with one attached hydrogen (secondary N) is 1. The maximum Gasteiger partial charge on any atom is 0.322 e. The van der Waals surface area contributed by atoms with Crippen molar-refractivity contribution < 1.29 is 20.2 Å². The first-order valence-corrected chi connectivity index (χ1v) is 14.9. The SMILES string of the molecule is CC(C)CCN1C(=O)C(CC(=O)N2CCC(N3CCc4ccccc4NC3=O)CC2)SC1c1ccccc1F.[HH]. The van der Waals surface area contributed by atoms with E-state index in [1.165, 1.54) is 17.8 Å². The molecule has 2 saturated heterocycles. The lowest BCUT2D eigenvalue weighted by Crippen LogP contribution is -2.50. The molecule has 210 valence electrons. The van der Waals surface area contributed by atoms with Crippen LogP contribution in [0, 0.1) is 11.7 Å². The predicted molar refractivity (Wildman–Crippen MR) is 154 cm³/mol. The molecule has 3 heterocycles. The number of halogens is 1. The lowest BCUT2D eigenvalue weighted by atomic mass is 10.0. The molecule has 2 fully saturated rings. The molecule has 39 heavy (non-hydrogen) atoms. The molecule has 3 aliphatic rings. The lowest BCUT2D eigenvalue weighted by Gasteiger charge is -2.38. The number of rotatable bonds is 7. The molecule has 1 N–H and O–H groups in total. The van der Waals surface area contributed by atoms with E-state index in [2.05, 4.69) is 19.2 Å². The van der Waals surface area contributed by atoms with Crippen molar-refractivity contribution >= 4 is 35.3 Å². The van der Waals surface area contributed by atoms with Crippen LogP contribution in [-0.2, 0) is 16.0 Å². The van der Waals surface area contributed by atoms with Crippen LogP contribution in [0.25, 0.3) is 0 Å². The average molecular weight is 555 g/mol. The first-order chi connectivity index (χ1) is 18.8. The maximum absolute atomic E-state index is 14.7. The average Bonchev–Trinajstić information content (AvgIpc) is 3.12. The van der Waals surface area contributed by atoms with Gasteiger partial charge >= 0.3 is 6.03 Å². The van der Waals surface area contributed by atoms with Gasteiger partial charge in [-0.25, -0.2) is 9.18 Å². The van der Waals surface area contributed by atoms with Gasteiger partial charge < -0.3 is 20.0 Å². The molecular formula is C30H39FN4O3S. The van der Waals surface area contributed by atoms with Crippen LogP contribution in [0.5, 0.6) is 0 Å². The minimum atomic E-state index is -0.526. The number of fused-ring (bicyclic) bond motifs is 1. The van der Waals surface area contributed by atoms with Crippen LogP contribution in [-0.4, -0.2) is 70.0 Å². The molecule has 2 unspecified atom stereocenters.